The third kappa shape index (κ3) is 18.1. The van der Waals surface area contributed by atoms with Gasteiger partial charge in [-0.15, -0.1) is 0 Å². The van der Waals surface area contributed by atoms with Gasteiger partial charge < -0.3 is 18.1 Å². The molecule has 0 heterocycles. The van der Waals surface area contributed by atoms with Crippen LogP contribution in [0.4, 0.5) is 0 Å². The van der Waals surface area contributed by atoms with Gasteiger partial charge >= 0.3 is 17.1 Å². The van der Waals surface area contributed by atoms with Crippen molar-refractivity contribution in [2.75, 3.05) is 0 Å². The fourth-order valence-electron chi connectivity index (χ4n) is 1.37. The SMILES string of the molecule is CC(C)(C)CC(C)(C)N.[Cl-].[Cu+]. The zero-order chi connectivity index (χ0) is 7.71. The molecular formula is C8H19ClCuN. The normalized spacial score (nSPS) is 11.5. The molecular weight excluding hydrogens is 209 g/mol. The predicted octanol–water partition coefficient (Wildman–Crippen LogP) is -0.839. The van der Waals surface area contributed by atoms with E-state index in [1.165, 1.54) is 0 Å². The minimum Gasteiger partial charge on any atom is -1.00 e. The first-order valence-electron chi connectivity index (χ1n) is 3.50. The van der Waals surface area contributed by atoms with Gasteiger partial charge in [0.2, 0.25) is 0 Å². The van der Waals surface area contributed by atoms with E-state index in [0.717, 1.165) is 6.42 Å². The van der Waals surface area contributed by atoms with Gasteiger partial charge in [0.15, 0.2) is 0 Å². The van der Waals surface area contributed by atoms with E-state index >= 15 is 0 Å². The topological polar surface area (TPSA) is 26.0 Å². The third-order valence-electron chi connectivity index (χ3n) is 0.986. The van der Waals surface area contributed by atoms with Crippen molar-refractivity contribution < 1.29 is 29.5 Å². The molecule has 11 heavy (non-hydrogen) atoms. The van der Waals surface area contributed by atoms with Gasteiger partial charge in [0.1, 0.15) is 0 Å². The summed E-state index contributed by atoms with van der Waals surface area (Å²) in [5.74, 6) is 0. The van der Waals surface area contributed by atoms with E-state index in [1.807, 2.05) is 0 Å². The van der Waals surface area contributed by atoms with Crippen LogP contribution < -0.4 is 18.1 Å². The van der Waals surface area contributed by atoms with Crippen molar-refractivity contribution in [3.8, 4) is 0 Å². The molecule has 0 saturated heterocycles. The van der Waals surface area contributed by atoms with Crippen LogP contribution in [0.1, 0.15) is 41.0 Å². The summed E-state index contributed by atoms with van der Waals surface area (Å²) >= 11 is 0. The van der Waals surface area contributed by atoms with E-state index in [1.54, 1.807) is 0 Å². The van der Waals surface area contributed by atoms with Crippen molar-refractivity contribution in [3.63, 3.8) is 0 Å². The van der Waals surface area contributed by atoms with Gasteiger partial charge in [-0.25, -0.2) is 0 Å². The molecule has 0 bridgehead atoms. The van der Waals surface area contributed by atoms with Gasteiger partial charge in [-0.05, 0) is 25.7 Å². The molecule has 0 unspecified atom stereocenters. The van der Waals surface area contributed by atoms with Crippen LogP contribution in [-0.2, 0) is 17.1 Å². The monoisotopic (exact) mass is 227 g/mol. The second-order valence-corrected chi connectivity index (χ2v) is 4.73. The summed E-state index contributed by atoms with van der Waals surface area (Å²) in [7, 11) is 0. The largest absolute Gasteiger partial charge is 1.00 e. The smallest absolute Gasteiger partial charge is 1.00 e. The van der Waals surface area contributed by atoms with Crippen LogP contribution >= 0.6 is 0 Å². The zero-order valence-corrected chi connectivity index (χ0v) is 9.66. The van der Waals surface area contributed by atoms with Gasteiger partial charge in [0.25, 0.3) is 0 Å². The van der Waals surface area contributed by atoms with Crippen molar-refractivity contribution in [1.82, 2.24) is 0 Å². The van der Waals surface area contributed by atoms with Crippen molar-refractivity contribution in [2.24, 2.45) is 11.1 Å². The van der Waals surface area contributed by atoms with Crippen molar-refractivity contribution >= 4 is 0 Å². The average Bonchev–Trinajstić information content (AvgIpc) is 1.14. The quantitative estimate of drug-likeness (QED) is 0.582. The maximum absolute atomic E-state index is 5.82. The Morgan fingerprint density at radius 2 is 1.27 bits per heavy atom. The van der Waals surface area contributed by atoms with E-state index in [0.29, 0.717) is 5.41 Å². The standard InChI is InChI=1S/C8H19N.ClH.Cu/c1-7(2,3)6-8(4,5)9;;/h6,9H2,1-5H3;1H;/q;;+1/p-1. The minimum atomic E-state index is -0.0156. The first kappa shape index (κ1) is 17.8. The summed E-state index contributed by atoms with van der Waals surface area (Å²) in [6.07, 6.45) is 1.07. The third-order valence-corrected chi connectivity index (χ3v) is 0.986. The van der Waals surface area contributed by atoms with E-state index in [-0.39, 0.29) is 35.0 Å². The van der Waals surface area contributed by atoms with Gasteiger partial charge in [0, 0.05) is 5.54 Å². The molecule has 0 aromatic carbocycles. The summed E-state index contributed by atoms with van der Waals surface area (Å²) in [5, 5.41) is 0. The molecule has 0 radical (unpaired) electrons. The molecule has 0 amide bonds. The first-order valence-corrected chi connectivity index (χ1v) is 3.50. The Morgan fingerprint density at radius 3 is 1.27 bits per heavy atom. The number of hydrogen-bond acceptors (Lipinski definition) is 1. The molecule has 0 aromatic heterocycles. The maximum atomic E-state index is 5.82. The molecule has 1 nitrogen and oxygen atoms in total. The fourth-order valence-corrected chi connectivity index (χ4v) is 1.37. The molecule has 3 heteroatoms. The Hall–Kier alpha value is 0.769. The van der Waals surface area contributed by atoms with Crippen LogP contribution in [0, 0.1) is 5.41 Å². The Kier molecular flexibility index (Phi) is 8.75. The summed E-state index contributed by atoms with van der Waals surface area (Å²) in [5.41, 5.74) is 6.17. The number of halogens is 1. The summed E-state index contributed by atoms with van der Waals surface area (Å²) < 4.78 is 0. The van der Waals surface area contributed by atoms with Crippen LogP contribution in [0.15, 0.2) is 0 Å². The molecule has 0 atom stereocenters. The zero-order valence-electron chi connectivity index (χ0n) is 7.96. The van der Waals surface area contributed by atoms with E-state index in [9.17, 15) is 0 Å². The second-order valence-electron chi connectivity index (χ2n) is 4.73. The van der Waals surface area contributed by atoms with E-state index < -0.39 is 0 Å². The molecule has 0 spiro atoms. The number of nitrogens with two attached hydrogens (primary N) is 1. The molecule has 0 fully saturated rings. The molecule has 0 aromatic rings. The Balaban J connectivity index is -0.000000320. The van der Waals surface area contributed by atoms with Gasteiger partial charge in [0.05, 0.1) is 0 Å². The van der Waals surface area contributed by atoms with Crippen LogP contribution in [0.2, 0.25) is 0 Å². The van der Waals surface area contributed by atoms with E-state index in [2.05, 4.69) is 34.6 Å². The number of hydrogen-bond donors (Lipinski definition) is 1. The summed E-state index contributed by atoms with van der Waals surface area (Å²) in [4.78, 5) is 0. The molecule has 74 valence electrons. The predicted molar refractivity (Wildman–Crippen MR) is 42.3 cm³/mol. The maximum Gasteiger partial charge on any atom is 1.00 e. The van der Waals surface area contributed by atoms with Crippen molar-refractivity contribution in [1.29, 1.82) is 0 Å². The van der Waals surface area contributed by atoms with Crippen LogP contribution in [-0.4, -0.2) is 5.54 Å². The van der Waals surface area contributed by atoms with Gasteiger partial charge in [-0.1, -0.05) is 20.8 Å². The van der Waals surface area contributed by atoms with Crippen molar-refractivity contribution in [3.05, 3.63) is 0 Å². The Bertz CT molecular complexity index is 79.2. The first-order chi connectivity index (χ1) is 3.71. The van der Waals surface area contributed by atoms with Gasteiger partial charge in [-0.2, -0.15) is 0 Å². The fraction of sp³-hybridized carbons (Fsp3) is 1.00. The van der Waals surface area contributed by atoms with Crippen LogP contribution in [0.3, 0.4) is 0 Å². The minimum absolute atomic E-state index is 0. The molecule has 0 aliphatic carbocycles. The molecule has 2 N–H and O–H groups in total. The second kappa shape index (κ2) is 5.42. The molecule has 0 aliphatic rings. The summed E-state index contributed by atoms with van der Waals surface area (Å²) in [6, 6.07) is 0. The molecule has 0 aliphatic heterocycles. The van der Waals surface area contributed by atoms with Crippen molar-refractivity contribution in [2.45, 2.75) is 46.6 Å². The van der Waals surface area contributed by atoms with Crippen LogP contribution in [0.5, 0.6) is 0 Å². The van der Waals surface area contributed by atoms with Crippen LogP contribution in [0.25, 0.3) is 0 Å². The average molecular weight is 228 g/mol. The molecule has 0 rings (SSSR count). The van der Waals surface area contributed by atoms with Gasteiger partial charge in [-0.3, -0.25) is 0 Å². The summed E-state index contributed by atoms with van der Waals surface area (Å²) in [6.45, 7) is 10.8. The van der Waals surface area contributed by atoms with E-state index in [4.69, 9.17) is 5.73 Å². The molecule has 0 saturated carbocycles. The Morgan fingerprint density at radius 1 is 1.00 bits per heavy atom. The number of rotatable bonds is 1. The Labute approximate surface area is 87.4 Å².